The van der Waals surface area contributed by atoms with Crippen LogP contribution < -0.4 is 5.32 Å². The van der Waals surface area contributed by atoms with Gasteiger partial charge in [0.2, 0.25) is 0 Å². The molecule has 156 valence electrons. The first-order valence-corrected chi connectivity index (χ1v) is 11.2. The first kappa shape index (κ1) is 21.3. The smallest absolute Gasteiger partial charge is 0.131 e. The monoisotopic (exact) mass is 387 g/mol. The van der Waals surface area contributed by atoms with Crippen molar-refractivity contribution in [2.75, 3.05) is 25.0 Å². The molecule has 0 amide bonds. The molecule has 5 nitrogen and oxygen atoms in total. The van der Waals surface area contributed by atoms with E-state index in [0.29, 0.717) is 23.4 Å². The summed E-state index contributed by atoms with van der Waals surface area (Å²) in [6, 6.07) is 6.20. The van der Waals surface area contributed by atoms with Crippen LogP contribution in [0.5, 0.6) is 0 Å². The lowest BCUT2D eigenvalue weighted by Gasteiger charge is -2.50. The third kappa shape index (κ3) is 4.93. The molecule has 0 aromatic heterocycles. The molecule has 1 heterocycles. The van der Waals surface area contributed by atoms with E-state index in [0.717, 1.165) is 50.2 Å². The number of hydrogen-bond acceptors (Lipinski definition) is 5. The molecule has 0 radical (unpaired) electrons. The maximum Gasteiger partial charge on any atom is 0.131 e. The van der Waals surface area contributed by atoms with Crippen molar-refractivity contribution in [3.8, 4) is 0 Å². The van der Waals surface area contributed by atoms with Gasteiger partial charge in [-0.25, -0.2) is 0 Å². The van der Waals surface area contributed by atoms with Crippen molar-refractivity contribution >= 4 is 11.4 Å². The summed E-state index contributed by atoms with van der Waals surface area (Å²) < 4.78 is 6.01. The molecule has 1 saturated heterocycles. The molecule has 1 N–H and O–H groups in total. The Morgan fingerprint density at radius 1 is 1.18 bits per heavy atom. The van der Waals surface area contributed by atoms with Gasteiger partial charge in [-0.3, -0.25) is 4.90 Å². The fraction of sp³-hybridized carbons (Fsp3) is 0.739. The highest BCUT2D eigenvalue weighted by Crippen LogP contribution is 2.39. The van der Waals surface area contributed by atoms with Crippen LogP contribution in [0.25, 0.3) is 0 Å². The average molecular weight is 388 g/mol. The topological polar surface area (TPSA) is 53.9 Å². The molecule has 1 aliphatic carbocycles. The van der Waals surface area contributed by atoms with Gasteiger partial charge in [0.1, 0.15) is 5.69 Å². The highest BCUT2D eigenvalue weighted by molar-refractivity contribution is 5.66. The zero-order valence-electron chi connectivity index (χ0n) is 17.9. The largest absolute Gasteiger partial charge is 0.380 e. The summed E-state index contributed by atoms with van der Waals surface area (Å²) in [6.07, 6.45) is 9.94. The second-order valence-electron chi connectivity index (χ2n) is 8.67. The molecule has 0 bridgehead atoms. The van der Waals surface area contributed by atoms with E-state index in [1.54, 1.807) is 0 Å². The number of piperidine rings is 1. The Kier molecular flexibility index (Phi) is 7.47. The number of likely N-dealkylation sites (tertiary alicyclic amines) is 1. The van der Waals surface area contributed by atoms with Crippen LogP contribution in [-0.4, -0.2) is 42.3 Å². The first-order chi connectivity index (χ1) is 13.6. The number of hydrogen-bond donors (Lipinski definition) is 1. The van der Waals surface area contributed by atoms with Crippen LogP contribution in [0.15, 0.2) is 23.4 Å². The van der Waals surface area contributed by atoms with Crippen LogP contribution in [0.3, 0.4) is 0 Å². The van der Waals surface area contributed by atoms with Crippen LogP contribution >= 0.6 is 0 Å². The van der Waals surface area contributed by atoms with E-state index in [1.807, 2.05) is 25.1 Å². The Morgan fingerprint density at radius 3 is 2.50 bits per heavy atom. The summed E-state index contributed by atoms with van der Waals surface area (Å²) >= 11 is 0. The van der Waals surface area contributed by atoms with Crippen molar-refractivity contribution in [1.82, 2.24) is 4.90 Å². The van der Waals surface area contributed by atoms with Crippen LogP contribution in [-0.2, 0) is 4.74 Å². The summed E-state index contributed by atoms with van der Waals surface area (Å²) in [4.78, 5) is 13.9. The molecule has 1 aliphatic heterocycles. The quantitative estimate of drug-likeness (QED) is 0.574. The minimum atomic E-state index is 0.357. The molecular formula is C23H37N3O2. The lowest BCUT2D eigenvalue weighted by Crippen LogP contribution is -2.55. The molecule has 0 atom stereocenters. The average Bonchev–Trinajstić information content (AvgIpc) is 2.73. The van der Waals surface area contributed by atoms with Gasteiger partial charge in [0, 0.05) is 31.3 Å². The normalized spacial score (nSPS) is 26.9. The van der Waals surface area contributed by atoms with E-state index >= 15 is 0 Å². The number of benzene rings is 1. The van der Waals surface area contributed by atoms with Crippen molar-refractivity contribution in [2.24, 2.45) is 5.18 Å². The maximum absolute atomic E-state index is 11.1. The Hall–Kier alpha value is -1.46. The Labute approximate surface area is 170 Å². The Balaban J connectivity index is 1.54. The minimum absolute atomic E-state index is 0.357. The summed E-state index contributed by atoms with van der Waals surface area (Å²) in [6.45, 7) is 9.74. The fourth-order valence-corrected chi connectivity index (χ4v) is 5.04. The van der Waals surface area contributed by atoms with Crippen LogP contribution in [0, 0.1) is 11.8 Å². The fourth-order valence-electron chi connectivity index (χ4n) is 5.04. The summed E-state index contributed by atoms with van der Waals surface area (Å²) in [5.74, 6) is 0. The molecule has 5 heteroatoms. The standard InChI is InChI=1S/C23H37N3O2/c1-4-16-28-20-8-12-23(5-2,13-9-20)26-14-10-19(11-15-26)24-22-17-18(3)6-7-21(22)25-27/h6-7,17,19-20,24H,4-5,8-16H2,1-3H3. The van der Waals surface area contributed by atoms with Gasteiger partial charge in [-0.05, 0) is 81.2 Å². The van der Waals surface area contributed by atoms with E-state index in [2.05, 4.69) is 29.2 Å². The number of anilines is 1. The highest BCUT2D eigenvalue weighted by Gasteiger charge is 2.40. The van der Waals surface area contributed by atoms with Crippen molar-refractivity contribution < 1.29 is 4.74 Å². The number of rotatable bonds is 8. The third-order valence-electron chi connectivity index (χ3n) is 6.85. The molecule has 1 aromatic rings. The van der Waals surface area contributed by atoms with Gasteiger partial charge in [0.25, 0.3) is 0 Å². The van der Waals surface area contributed by atoms with E-state index in [4.69, 9.17) is 4.74 Å². The third-order valence-corrected chi connectivity index (χ3v) is 6.85. The van der Waals surface area contributed by atoms with Crippen molar-refractivity contribution in [3.05, 3.63) is 28.7 Å². The van der Waals surface area contributed by atoms with Gasteiger partial charge < -0.3 is 10.1 Å². The summed E-state index contributed by atoms with van der Waals surface area (Å²) in [5, 5.41) is 6.77. The number of ether oxygens (including phenoxy) is 1. The van der Waals surface area contributed by atoms with Crippen LogP contribution in [0.4, 0.5) is 11.4 Å². The minimum Gasteiger partial charge on any atom is -0.380 e. The molecule has 2 aliphatic rings. The number of aryl methyl sites for hydroxylation is 1. The zero-order chi connectivity index (χ0) is 20.0. The van der Waals surface area contributed by atoms with Gasteiger partial charge in [-0.1, -0.05) is 19.9 Å². The maximum atomic E-state index is 11.1. The predicted octanol–water partition coefficient (Wildman–Crippen LogP) is 5.79. The lowest BCUT2D eigenvalue weighted by atomic mass is 9.76. The van der Waals surface area contributed by atoms with Crippen molar-refractivity contribution in [3.63, 3.8) is 0 Å². The first-order valence-electron chi connectivity index (χ1n) is 11.2. The van der Waals surface area contributed by atoms with Crippen LogP contribution in [0.2, 0.25) is 0 Å². The molecule has 3 rings (SSSR count). The van der Waals surface area contributed by atoms with Crippen molar-refractivity contribution in [2.45, 2.75) is 89.8 Å². The molecule has 0 spiro atoms. The van der Waals surface area contributed by atoms with Gasteiger partial charge in [0.05, 0.1) is 11.8 Å². The predicted molar refractivity (Wildman–Crippen MR) is 116 cm³/mol. The molecule has 1 aromatic carbocycles. The second kappa shape index (κ2) is 9.84. The van der Waals surface area contributed by atoms with Crippen molar-refractivity contribution in [1.29, 1.82) is 0 Å². The van der Waals surface area contributed by atoms with Gasteiger partial charge in [0.15, 0.2) is 0 Å². The van der Waals surface area contributed by atoms with Gasteiger partial charge >= 0.3 is 0 Å². The zero-order valence-corrected chi connectivity index (χ0v) is 17.9. The number of nitroso groups, excluding NO2 is 1. The highest BCUT2D eigenvalue weighted by atomic mass is 16.5. The Bertz CT molecular complexity index is 633. The summed E-state index contributed by atoms with van der Waals surface area (Å²) in [7, 11) is 0. The molecule has 1 saturated carbocycles. The second-order valence-corrected chi connectivity index (χ2v) is 8.67. The van der Waals surface area contributed by atoms with Crippen LogP contribution in [0.1, 0.15) is 70.8 Å². The number of nitrogens with zero attached hydrogens (tertiary/aromatic N) is 2. The SMILES string of the molecule is CCCOC1CCC(CC)(N2CCC(Nc3cc(C)ccc3N=O)CC2)CC1. The lowest BCUT2D eigenvalue weighted by molar-refractivity contribution is -0.0367. The molecule has 0 unspecified atom stereocenters. The van der Waals surface area contributed by atoms with Gasteiger partial charge in [-0.2, -0.15) is 0 Å². The van der Waals surface area contributed by atoms with E-state index in [9.17, 15) is 4.91 Å². The van der Waals surface area contributed by atoms with E-state index in [-0.39, 0.29) is 0 Å². The molecular weight excluding hydrogens is 350 g/mol. The number of nitrogens with one attached hydrogen (secondary N) is 1. The summed E-state index contributed by atoms with van der Waals surface area (Å²) in [5.41, 5.74) is 2.91. The van der Waals surface area contributed by atoms with E-state index in [1.165, 1.54) is 32.1 Å². The van der Waals surface area contributed by atoms with E-state index < -0.39 is 0 Å². The molecule has 28 heavy (non-hydrogen) atoms. The molecule has 2 fully saturated rings. The van der Waals surface area contributed by atoms with Gasteiger partial charge in [-0.15, -0.1) is 4.91 Å². The Morgan fingerprint density at radius 2 is 1.89 bits per heavy atom.